The second-order valence-corrected chi connectivity index (χ2v) is 6.25. The van der Waals surface area contributed by atoms with Gasteiger partial charge >= 0.3 is 0 Å². The molecule has 1 aliphatic rings. The minimum Gasteiger partial charge on any atom is -0.331 e. The number of halogens is 1. The van der Waals surface area contributed by atoms with Gasteiger partial charge in [0.05, 0.1) is 0 Å². The van der Waals surface area contributed by atoms with E-state index in [0.717, 1.165) is 35.2 Å². The van der Waals surface area contributed by atoms with Gasteiger partial charge in [-0.25, -0.2) is 0 Å². The van der Waals surface area contributed by atoms with Gasteiger partial charge in [0.2, 0.25) is 5.91 Å². The summed E-state index contributed by atoms with van der Waals surface area (Å²) in [7, 11) is 0. The Balaban J connectivity index is 1.74. The minimum atomic E-state index is -0.00161. The molecule has 108 valence electrons. The number of carbonyl (C=O) groups excluding carboxylic acids is 1. The number of hydrogen-bond acceptors (Lipinski definition) is 3. The van der Waals surface area contributed by atoms with Gasteiger partial charge in [0.15, 0.2) is 5.11 Å². The topological polar surface area (TPSA) is 65.2 Å². The van der Waals surface area contributed by atoms with Gasteiger partial charge in [-0.2, -0.15) is 0 Å². The number of piperidine rings is 1. The van der Waals surface area contributed by atoms with Gasteiger partial charge in [-0.1, -0.05) is 0 Å². The van der Waals surface area contributed by atoms with Gasteiger partial charge in [0.1, 0.15) is 0 Å². The zero-order valence-corrected chi connectivity index (χ0v) is 13.9. The summed E-state index contributed by atoms with van der Waals surface area (Å²) in [5.41, 5.74) is 6.29. The van der Waals surface area contributed by atoms with Crippen LogP contribution in [0.2, 0.25) is 0 Å². The maximum atomic E-state index is 11.9. The van der Waals surface area contributed by atoms with Crippen molar-refractivity contribution in [2.24, 2.45) is 5.92 Å². The first kappa shape index (κ1) is 15.5. The molecule has 0 radical (unpaired) electrons. The molecule has 1 aromatic carbocycles. The van der Waals surface area contributed by atoms with E-state index in [9.17, 15) is 4.79 Å². The maximum Gasteiger partial charge on any atom is 0.241 e. The average Bonchev–Trinajstić information content (AvgIpc) is 2.48. The zero-order chi connectivity index (χ0) is 14.4. The number of hydrogen-bond donors (Lipinski definition) is 4. The minimum absolute atomic E-state index is 0.00161. The van der Waals surface area contributed by atoms with Gasteiger partial charge in [0.25, 0.3) is 0 Å². The van der Waals surface area contributed by atoms with E-state index in [0.29, 0.717) is 5.11 Å². The van der Waals surface area contributed by atoms with Crippen molar-refractivity contribution in [2.45, 2.75) is 12.8 Å². The fourth-order valence-corrected chi connectivity index (χ4v) is 2.53. The number of benzene rings is 1. The Bertz CT molecular complexity index is 474. The van der Waals surface area contributed by atoms with Crippen molar-refractivity contribution in [1.82, 2.24) is 16.2 Å². The molecule has 1 fully saturated rings. The van der Waals surface area contributed by atoms with Gasteiger partial charge in [-0.05, 0) is 85.0 Å². The van der Waals surface area contributed by atoms with Crippen molar-refractivity contribution in [1.29, 1.82) is 0 Å². The summed E-state index contributed by atoms with van der Waals surface area (Å²) in [6, 6.07) is 7.84. The van der Waals surface area contributed by atoms with Crippen molar-refractivity contribution in [3.63, 3.8) is 0 Å². The molecule has 2 rings (SSSR count). The smallest absolute Gasteiger partial charge is 0.241 e. The molecule has 7 heteroatoms. The molecule has 4 N–H and O–H groups in total. The standard InChI is InChI=1S/C13H17IN4OS/c14-10-1-3-11(4-2-10)16-13(20)18-17-12(19)9-5-7-15-8-6-9/h1-4,9,15H,5-8H2,(H,17,19)(H2,16,18,20). The highest BCUT2D eigenvalue weighted by atomic mass is 127. The first-order chi connectivity index (χ1) is 9.65. The molecule has 0 saturated carbocycles. The van der Waals surface area contributed by atoms with Crippen molar-refractivity contribution in [3.8, 4) is 0 Å². The monoisotopic (exact) mass is 404 g/mol. The van der Waals surface area contributed by atoms with Gasteiger partial charge < -0.3 is 10.6 Å². The molecule has 0 unspecified atom stereocenters. The van der Waals surface area contributed by atoms with Gasteiger partial charge in [0, 0.05) is 15.2 Å². The van der Waals surface area contributed by atoms with Crippen LogP contribution in [0, 0.1) is 9.49 Å². The van der Waals surface area contributed by atoms with Crippen LogP contribution in [0.4, 0.5) is 5.69 Å². The lowest BCUT2D eigenvalue weighted by Crippen LogP contribution is -2.48. The lowest BCUT2D eigenvalue weighted by atomic mass is 9.98. The van der Waals surface area contributed by atoms with Crippen LogP contribution in [0.25, 0.3) is 0 Å². The van der Waals surface area contributed by atoms with Crippen molar-refractivity contribution >= 4 is 51.5 Å². The van der Waals surface area contributed by atoms with Crippen LogP contribution in [0.5, 0.6) is 0 Å². The second-order valence-electron chi connectivity index (χ2n) is 4.60. The third kappa shape index (κ3) is 4.88. The predicted octanol–water partition coefficient (Wildman–Crippen LogP) is 1.61. The third-order valence-corrected chi connectivity index (χ3v) is 4.03. The van der Waals surface area contributed by atoms with E-state index in [2.05, 4.69) is 44.1 Å². The van der Waals surface area contributed by atoms with E-state index in [1.54, 1.807) is 0 Å². The molecule has 0 bridgehead atoms. The van der Waals surface area contributed by atoms with Crippen LogP contribution in [0.3, 0.4) is 0 Å². The Kier molecular flexibility index (Phi) is 5.99. The first-order valence-corrected chi connectivity index (χ1v) is 7.97. The Morgan fingerprint density at radius 2 is 1.85 bits per heavy atom. The highest BCUT2D eigenvalue weighted by Crippen LogP contribution is 2.12. The fraction of sp³-hybridized carbons (Fsp3) is 0.385. The fourth-order valence-electron chi connectivity index (χ4n) is 2.00. The van der Waals surface area contributed by atoms with Crippen molar-refractivity contribution < 1.29 is 4.79 Å². The Morgan fingerprint density at radius 3 is 2.50 bits per heavy atom. The van der Waals surface area contributed by atoms with Crippen LogP contribution in [0.1, 0.15) is 12.8 Å². The molecule has 1 aromatic rings. The molecule has 1 saturated heterocycles. The molecule has 20 heavy (non-hydrogen) atoms. The summed E-state index contributed by atoms with van der Waals surface area (Å²) in [5, 5.41) is 6.63. The van der Waals surface area contributed by atoms with Gasteiger partial charge in [-0.15, -0.1) is 0 Å². The van der Waals surface area contributed by atoms with Crippen LogP contribution < -0.4 is 21.5 Å². The number of anilines is 1. The number of rotatable bonds is 2. The summed E-state index contributed by atoms with van der Waals surface area (Å²) in [5.74, 6) is 0.0584. The highest BCUT2D eigenvalue weighted by Gasteiger charge is 2.20. The first-order valence-electron chi connectivity index (χ1n) is 6.48. The predicted molar refractivity (Wildman–Crippen MR) is 92.3 cm³/mol. The summed E-state index contributed by atoms with van der Waals surface area (Å²) in [6.45, 7) is 1.78. The van der Waals surface area contributed by atoms with Crippen LogP contribution in [0.15, 0.2) is 24.3 Å². The van der Waals surface area contributed by atoms with Crippen LogP contribution >= 0.6 is 34.8 Å². The van der Waals surface area contributed by atoms with Crippen LogP contribution in [-0.2, 0) is 4.79 Å². The van der Waals surface area contributed by atoms with E-state index in [-0.39, 0.29) is 11.8 Å². The second kappa shape index (κ2) is 7.75. The van der Waals surface area contributed by atoms with Crippen LogP contribution in [-0.4, -0.2) is 24.1 Å². The van der Waals surface area contributed by atoms with E-state index < -0.39 is 0 Å². The number of amides is 1. The number of carbonyl (C=O) groups is 1. The Hall–Kier alpha value is -0.930. The summed E-state index contributed by atoms with van der Waals surface area (Å²) in [6.07, 6.45) is 1.73. The largest absolute Gasteiger partial charge is 0.331 e. The van der Waals surface area contributed by atoms with Gasteiger partial charge in [-0.3, -0.25) is 15.6 Å². The molecule has 0 aromatic heterocycles. The number of hydrazine groups is 1. The lowest BCUT2D eigenvalue weighted by molar-refractivity contribution is -0.126. The molecule has 1 amide bonds. The van der Waals surface area contributed by atoms with E-state index in [1.807, 2.05) is 24.3 Å². The molecular formula is C13H17IN4OS. The van der Waals surface area contributed by atoms with Crippen molar-refractivity contribution in [3.05, 3.63) is 27.8 Å². The Labute approximate surface area is 137 Å². The molecule has 0 spiro atoms. The summed E-state index contributed by atoms with van der Waals surface area (Å²) < 4.78 is 1.16. The average molecular weight is 404 g/mol. The summed E-state index contributed by atoms with van der Waals surface area (Å²) >= 11 is 7.38. The SMILES string of the molecule is O=C(NNC(=S)Nc1ccc(I)cc1)C1CCNCC1. The molecule has 1 heterocycles. The summed E-state index contributed by atoms with van der Waals surface area (Å²) in [4.78, 5) is 11.9. The quantitative estimate of drug-likeness (QED) is 0.343. The third-order valence-electron chi connectivity index (χ3n) is 3.11. The lowest BCUT2D eigenvalue weighted by Gasteiger charge is -2.22. The maximum absolute atomic E-state index is 11.9. The molecule has 0 atom stereocenters. The zero-order valence-electron chi connectivity index (χ0n) is 10.9. The van der Waals surface area contributed by atoms with E-state index >= 15 is 0 Å². The van der Waals surface area contributed by atoms with Crippen molar-refractivity contribution in [2.75, 3.05) is 18.4 Å². The molecular weight excluding hydrogens is 387 g/mol. The highest BCUT2D eigenvalue weighted by molar-refractivity contribution is 14.1. The van der Waals surface area contributed by atoms with E-state index in [1.165, 1.54) is 0 Å². The number of nitrogens with one attached hydrogen (secondary N) is 4. The Morgan fingerprint density at radius 1 is 1.20 bits per heavy atom. The number of thiocarbonyl (C=S) groups is 1. The molecule has 5 nitrogen and oxygen atoms in total. The molecule has 1 aliphatic heterocycles. The van der Waals surface area contributed by atoms with E-state index in [4.69, 9.17) is 12.2 Å². The normalized spacial score (nSPS) is 15.4. The molecule has 0 aliphatic carbocycles.